The van der Waals surface area contributed by atoms with Crippen LogP contribution in [0.5, 0.6) is 0 Å². The summed E-state index contributed by atoms with van der Waals surface area (Å²) in [4.78, 5) is 28.3. The second-order valence-electron chi connectivity index (χ2n) is 6.38. The topological polar surface area (TPSA) is 156 Å². The maximum atomic E-state index is 12.8. The van der Waals surface area contributed by atoms with E-state index in [-0.39, 0.29) is 22.0 Å². The van der Waals surface area contributed by atoms with Crippen LogP contribution in [0.1, 0.15) is 32.3 Å². The molecule has 1 heterocycles. The quantitative estimate of drug-likeness (QED) is 0.465. The van der Waals surface area contributed by atoms with Crippen molar-refractivity contribution in [2.24, 2.45) is 0 Å². The van der Waals surface area contributed by atoms with Crippen LogP contribution in [0, 0.1) is 0 Å². The van der Waals surface area contributed by atoms with Crippen LogP contribution >= 0.6 is 0 Å². The van der Waals surface area contributed by atoms with E-state index in [0.29, 0.717) is 0 Å². The first-order chi connectivity index (χ1) is 13.5. The van der Waals surface area contributed by atoms with Gasteiger partial charge in [-0.05, 0) is 18.2 Å². The average molecular weight is 433 g/mol. The molecule has 11 heteroatoms. The number of hydrogen-bond acceptors (Lipinski definition) is 7. The number of carbonyl (C=O) groups excluding carboxylic acids is 2. The predicted octanol–water partition coefficient (Wildman–Crippen LogP) is 1.89. The Morgan fingerprint density at radius 1 is 0.793 bits per heavy atom. The number of rotatable bonds is 3. The molecular weight excluding hydrogens is 422 g/mol. The standard InChI is InChI=1S/C18H11NO8S2/c20-17-11-3-1-2-4-12(11)18(21)15(17)16-14(29(25,26)27)7-9-5-6-10(28(22,23)24)8-13(9)19-16/h1-8,15H,(H,22,23,24)(H,25,26,27). The fourth-order valence-electron chi connectivity index (χ4n) is 3.31. The van der Waals surface area contributed by atoms with Crippen molar-refractivity contribution in [3.63, 3.8) is 0 Å². The third kappa shape index (κ3) is 3.13. The van der Waals surface area contributed by atoms with E-state index in [1.54, 1.807) is 12.1 Å². The predicted molar refractivity (Wildman–Crippen MR) is 99.2 cm³/mol. The molecule has 4 rings (SSSR count). The highest BCUT2D eigenvalue weighted by molar-refractivity contribution is 7.86. The van der Waals surface area contributed by atoms with E-state index >= 15 is 0 Å². The molecule has 9 nitrogen and oxygen atoms in total. The third-order valence-electron chi connectivity index (χ3n) is 4.61. The Hall–Kier alpha value is -2.99. The van der Waals surface area contributed by atoms with Crippen LogP contribution in [-0.2, 0) is 20.2 Å². The van der Waals surface area contributed by atoms with Crippen LogP contribution < -0.4 is 0 Å². The van der Waals surface area contributed by atoms with Gasteiger partial charge in [-0.3, -0.25) is 23.7 Å². The number of benzene rings is 2. The molecule has 0 aliphatic heterocycles. The van der Waals surface area contributed by atoms with Crippen LogP contribution in [0.2, 0.25) is 0 Å². The number of carbonyl (C=O) groups is 2. The van der Waals surface area contributed by atoms with E-state index in [4.69, 9.17) is 0 Å². The zero-order chi connectivity index (χ0) is 21.1. The van der Waals surface area contributed by atoms with Crippen LogP contribution in [0.3, 0.4) is 0 Å². The normalized spacial score (nSPS) is 15.1. The second-order valence-corrected chi connectivity index (χ2v) is 9.19. The molecule has 0 spiro atoms. The molecule has 0 saturated heterocycles. The summed E-state index contributed by atoms with van der Waals surface area (Å²) in [5.74, 6) is -2.98. The Bertz CT molecular complexity index is 1410. The van der Waals surface area contributed by atoms with E-state index in [1.165, 1.54) is 18.2 Å². The van der Waals surface area contributed by atoms with Crippen molar-refractivity contribution < 1.29 is 35.5 Å². The Morgan fingerprint density at radius 3 is 1.90 bits per heavy atom. The summed E-state index contributed by atoms with van der Waals surface area (Å²) in [5, 5.41) is 0.115. The van der Waals surface area contributed by atoms with Gasteiger partial charge in [-0.2, -0.15) is 16.8 Å². The lowest BCUT2D eigenvalue weighted by Gasteiger charge is -2.13. The number of aromatic nitrogens is 1. The first kappa shape index (κ1) is 19.3. The van der Waals surface area contributed by atoms with E-state index in [2.05, 4.69) is 4.98 Å². The first-order valence-electron chi connectivity index (χ1n) is 8.05. The summed E-state index contributed by atoms with van der Waals surface area (Å²) in [5.41, 5.74) is -0.410. The maximum absolute atomic E-state index is 12.8. The Kier molecular flexibility index (Phi) is 4.17. The van der Waals surface area contributed by atoms with Gasteiger partial charge in [-0.15, -0.1) is 0 Å². The van der Waals surface area contributed by atoms with Gasteiger partial charge in [0.1, 0.15) is 10.8 Å². The molecule has 0 fully saturated rings. The number of Topliss-reactive ketones (excluding diaryl/α,β-unsaturated/α-hetero) is 2. The summed E-state index contributed by atoms with van der Waals surface area (Å²) in [6, 6.07) is 10.1. The zero-order valence-electron chi connectivity index (χ0n) is 14.3. The summed E-state index contributed by atoms with van der Waals surface area (Å²) in [6.07, 6.45) is 0. The highest BCUT2D eigenvalue weighted by atomic mass is 32.2. The molecule has 2 N–H and O–H groups in total. The van der Waals surface area contributed by atoms with E-state index < -0.39 is 53.2 Å². The van der Waals surface area contributed by atoms with E-state index in [9.17, 15) is 35.5 Å². The van der Waals surface area contributed by atoms with Crippen LogP contribution in [0.15, 0.2) is 58.3 Å². The van der Waals surface area contributed by atoms with Gasteiger partial charge in [0.25, 0.3) is 20.2 Å². The van der Waals surface area contributed by atoms with Gasteiger partial charge in [0, 0.05) is 16.5 Å². The monoisotopic (exact) mass is 433 g/mol. The fraction of sp³-hybridized carbons (Fsp3) is 0.0556. The largest absolute Gasteiger partial charge is 0.296 e. The molecule has 0 radical (unpaired) electrons. The minimum absolute atomic E-state index is 0.0842. The summed E-state index contributed by atoms with van der Waals surface area (Å²) >= 11 is 0. The number of fused-ring (bicyclic) bond motifs is 2. The molecule has 0 unspecified atom stereocenters. The van der Waals surface area contributed by atoms with Crippen LogP contribution in [0.4, 0.5) is 0 Å². The molecule has 148 valence electrons. The van der Waals surface area contributed by atoms with Crippen molar-refractivity contribution in [2.45, 2.75) is 15.7 Å². The van der Waals surface area contributed by atoms with E-state index in [1.807, 2.05) is 0 Å². The molecule has 3 aromatic rings. The lowest BCUT2D eigenvalue weighted by atomic mass is 9.98. The molecule has 2 aromatic carbocycles. The van der Waals surface area contributed by atoms with Gasteiger partial charge in [0.2, 0.25) is 0 Å². The van der Waals surface area contributed by atoms with Crippen molar-refractivity contribution in [2.75, 3.05) is 0 Å². The van der Waals surface area contributed by atoms with Crippen molar-refractivity contribution in [3.8, 4) is 0 Å². The zero-order valence-corrected chi connectivity index (χ0v) is 15.9. The molecular formula is C18H11NO8S2. The molecule has 1 aliphatic carbocycles. The van der Waals surface area contributed by atoms with Crippen LogP contribution in [-0.4, -0.2) is 42.5 Å². The summed E-state index contributed by atoms with van der Waals surface area (Å²) in [7, 11) is -9.44. The van der Waals surface area contributed by atoms with Crippen molar-refractivity contribution >= 4 is 42.7 Å². The van der Waals surface area contributed by atoms with Crippen LogP contribution in [0.25, 0.3) is 10.9 Å². The number of nitrogens with zero attached hydrogens (tertiary/aromatic N) is 1. The fourth-order valence-corrected chi connectivity index (χ4v) is 4.51. The molecule has 1 aromatic heterocycles. The van der Waals surface area contributed by atoms with Gasteiger partial charge in [0.15, 0.2) is 11.6 Å². The van der Waals surface area contributed by atoms with Crippen molar-refractivity contribution in [1.29, 1.82) is 0 Å². The third-order valence-corrected chi connectivity index (χ3v) is 6.35. The molecule has 0 amide bonds. The average Bonchev–Trinajstić information content (AvgIpc) is 2.90. The maximum Gasteiger partial charge on any atom is 0.296 e. The van der Waals surface area contributed by atoms with Gasteiger partial charge in [0.05, 0.1) is 16.1 Å². The summed E-state index contributed by atoms with van der Waals surface area (Å²) < 4.78 is 65.5. The SMILES string of the molecule is O=C1c2ccccc2C(=O)C1c1nc2cc(S(=O)(=O)O)ccc2cc1S(=O)(=O)O. The van der Waals surface area contributed by atoms with Crippen molar-refractivity contribution in [1.82, 2.24) is 4.98 Å². The summed E-state index contributed by atoms with van der Waals surface area (Å²) in [6.45, 7) is 0. The number of ketones is 2. The first-order valence-corrected chi connectivity index (χ1v) is 10.9. The smallest absolute Gasteiger partial charge is 0.293 e. The van der Waals surface area contributed by atoms with Gasteiger partial charge in [-0.1, -0.05) is 30.3 Å². The molecule has 29 heavy (non-hydrogen) atoms. The van der Waals surface area contributed by atoms with Crippen molar-refractivity contribution in [3.05, 3.63) is 65.4 Å². The highest BCUT2D eigenvalue weighted by Crippen LogP contribution is 2.37. The minimum Gasteiger partial charge on any atom is -0.293 e. The molecule has 1 aliphatic rings. The number of pyridine rings is 1. The lowest BCUT2D eigenvalue weighted by molar-refractivity contribution is 0.0886. The van der Waals surface area contributed by atoms with Gasteiger partial charge in [-0.25, -0.2) is 0 Å². The molecule has 0 saturated carbocycles. The molecule has 0 bridgehead atoms. The second kappa shape index (κ2) is 6.26. The lowest BCUT2D eigenvalue weighted by Crippen LogP contribution is -2.19. The minimum atomic E-state index is -4.87. The Labute approximate surface area is 164 Å². The van der Waals surface area contributed by atoms with Gasteiger partial charge >= 0.3 is 0 Å². The molecule has 0 atom stereocenters. The number of hydrogen-bond donors (Lipinski definition) is 2. The van der Waals surface area contributed by atoms with E-state index in [0.717, 1.165) is 18.2 Å². The Morgan fingerprint density at radius 2 is 1.38 bits per heavy atom. The highest BCUT2D eigenvalue weighted by Gasteiger charge is 2.43. The Balaban J connectivity index is 2.02. The van der Waals surface area contributed by atoms with Gasteiger partial charge < -0.3 is 0 Å².